The normalized spacial score (nSPS) is 15.3. The summed E-state index contributed by atoms with van der Waals surface area (Å²) in [6, 6.07) is 9.38. The van der Waals surface area contributed by atoms with E-state index in [9.17, 15) is 0 Å². The van der Waals surface area contributed by atoms with E-state index in [-0.39, 0.29) is 0 Å². The van der Waals surface area contributed by atoms with Crippen LogP contribution in [-0.4, -0.2) is 13.1 Å². The molecule has 2 atom stereocenters. The van der Waals surface area contributed by atoms with Crippen LogP contribution in [0.2, 0.25) is 0 Å². The Morgan fingerprint density at radius 1 is 1.07 bits per heavy atom. The summed E-state index contributed by atoms with van der Waals surface area (Å²) >= 11 is 2.34. The molecule has 1 N–H and O–H groups in total. The predicted octanol–water partition coefficient (Wildman–Crippen LogP) is 3.64. The summed E-state index contributed by atoms with van der Waals surface area (Å²) in [5.41, 5.74) is 1.42. The Kier molecular flexibility index (Phi) is 5.06. The first kappa shape index (κ1) is 13.0. The van der Waals surface area contributed by atoms with Crippen molar-refractivity contribution in [1.82, 2.24) is 5.32 Å². The summed E-state index contributed by atoms with van der Waals surface area (Å²) in [5.74, 6) is 1.22. The first-order chi connectivity index (χ1) is 7.06. The topological polar surface area (TPSA) is 12.0 Å². The maximum absolute atomic E-state index is 3.41. The minimum atomic E-state index is 0.546. The third kappa shape index (κ3) is 3.45. The minimum Gasteiger partial charge on any atom is -0.316 e. The molecule has 0 saturated carbocycles. The lowest BCUT2D eigenvalue weighted by atomic mass is 9.87. The summed E-state index contributed by atoms with van der Waals surface area (Å²) < 4.78 is 1.30. The van der Waals surface area contributed by atoms with E-state index in [4.69, 9.17) is 0 Å². The molecule has 0 saturated heterocycles. The summed E-state index contributed by atoms with van der Waals surface area (Å²) in [7, 11) is 2.05. The van der Waals surface area contributed by atoms with Crippen LogP contribution in [0.4, 0.5) is 0 Å². The van der Waals surface area contributed by atoms with E-state index in [1.807, 2.05) is 7.05 Å². The van der Waals surface area contributed by atoms with E-state index in [0.29, 0.717) is 17.9 Å². The minimum absolute atomic E-state index is 0.546. The molecule has 0 aliphatic carbocycles. The molecular weight excluding hydrogens is 297 g/mol. The van der Waals surface area contributed by atoms with Crippen LogP contribution >= 0.6 is 22.6 Å². The van der Waals surface area contributed by atoms with Crippen molar-refractivity contribution < 1.29 is 0 Å². The van der Waals surface area contributed by atoms with Crippen molar-refractivity contribution in [2.45, 2.75) is 32.7 Å². The molecule has 1 aromatic rings. The van der Waals surface area contributed by atoms with Crippen molar-refractivity contribution >= 4 is 22.6 Å². The van der Waals surface area contributed by atoms with E-state index in [1.165, 1.54) is 9.13 Å². The van der Waals surface area contributed by atoms with E-state index < -0.39 is 0 Å². The van der Waals surface area contributed by atoms with Gasteiger partial charge in [-0.15, -0.1) is 0 Å². The number of nitrogens with one attached hydrogen (secondary N) is 1. The van der Waals surface area contributed by atoms with Crippen LogP contribution < -0.4 is 5.32 Å². The van der Waals surface area contributed by atoms with Crippen LogP contribution in [0.5, 0.6) is 0 Å². The van der Waals surface area contributed by atoms with Gasteiger partial charge < -0.3 is 5.32 Å². The van der Waals surface area contributed by atoms with E-state index >= 15 is 0 Å². The van der Waals surface area contributed by atoms with Crippen LogP contribution in [0, 0.1) is 9.49 Å². The molecule has 2 heteroatoms. The molecule has 1 rings (SSSR count). The fraction of sp³-hybridized carbons (Fsp3) is 0.538. The van der Waals surface area contributed by atoms with Crippen LogP contribution in [-0.2, 0) is 0 Å². The number of likely N-dealkylation sites (N-methyl/N-ethyl adjacent to an activating group) is 1. The number of benzene rings is 1. The lowest BCUT2D eigenvalue weighted by molar-refractivity contribution is 0.376. The van der Waals surface area contributed by atoms with Crippen molar-refractivity contribution in [3.8, 4) is 0 Å². The maximum atomic E-state index is 3.41. The molecule has 0 bridgehead atoms. The van der Waals surface area contributed by atoms with Gasteiger partial charge in [-0.2, -0.15) is 0 Å². The van der Waals surface area contributed by atoms with Gasteiger partial charge in [-0.3, -0.25) is 0 Å². The molecule has 0 fully saturated rings. The highest BCUT2D eigenvalue weighted by Crippen LogP contribution is 2.24. The zero-order valence-electron chi connectivity index (χ0n) is 9.92. The number of hydrogen-bond donors (Lipinski definition) is 1. The second-order valence-electron chi connectivity index (χ2n) is 4.40. The Morgan fingerprint density at radius 3 is 2.00 bits per heavy atom. The average molecular weight is 317 g/mol. The Morgan fingerprint density at radius 2 is 1.60 bits per heavy atom. The second kappa shape index (κ2) is 5.85. The summed E-state index contributed by atoms with van der Waals surface area (Å²) in [6.45, 7) is 6.83. The highest BCUT2D eigenvalue weighted by Gasteiger charge is 2.19. The Bertz CT molecular complexity index is 292. The standard InChI is InChI=1S/C13H20IN/c1-9(2)13(15-4)10(3)11-5-7-12(14)8-6-11/h5-10,13,15H,1-4H3. The summed E-state index contributed by atoms with van der Waals surface area (Å²) in [6.07, 6.45) is 0. The SMILES string of the molecule is CNC(C(C)C)C(C)c1ccc(I)cc1. The fourth-order valence-corrected chi connectivity index (χ4v) is 2.49. The Hall–Kier alpha value is -0.0900. The van der Waals surface area contributed by atoms with E-state index in [0.717, 1.165) is 0 Å². The van der Waals surface area contributed by atoms with Crippen molar-refractivity contribution in [3.63, 3.8) is 0 Å². The van der Waals surface area contributed by atoms with Gasteiger partial charge in [0.15, 0.2) is 0 Å². The van der Waals surface area contributed by atoms with Gasteiger partial charge in [-0.1, -0.05) is 32.9 Å². The van der Waals surface area contributed by atoms with Gasteiger partial charge >= 0.3 is 0 Å². The molecule has 0 aromatic heterocycles. The second-order valence-corrected chi connectivity index (χ2v) is 5.64. The molecular formula is C13H20IN. The van der Waals surface area contributed by atoms with Crippen LogP contribution in [0.1, 0.15) is 32.3 Å². The van der Waals surface area contributed by atoms with Gasteiger partial charge in [-0.05, 0) is 59.2 Å². The van der Waals surface area contributed by atoms with Crippen molar-refractivity contribution in [1.29, 1.82) is 0 Å². The molecule has 2 unspecified atom stereocenters. The first-order valence-corrected chi connectivity index (χ1v) is 6.57. The quantitative estimate of drug-likeness (QED) is 0.836. The molecule has 1 nitrogen and oxygen atoms in total. The van der Waals surface area contributed by atoms with Crippen LogP contribution in [0.3, 0.4) is 0 Å². The largest absolute Gasteiger partial charge is 0.316 e. The number of hydrogen-bond acceptors (Lipinski definition) is 1. The molecule has 1 aromatic carbocycles. The zero-order valence-corrected chi connectivity index (χ0v) is 12.1. The average Bonchev–Trinajstić information content (AvgIpc) is 2.19. The maximum Gasteiger partial charge on any atom is 0.0153 e. The van der Waals surface area contributed by atoms with Gasteiger partial charge in [0.1, 0.15) is 0 Å². The third-order valence-electron chi connectivity index (χ3n) is 2.99. The number of rotatable bonds is 4. The molecule has 0 aliphatic heterocycles. The summed E-state index contributed by atoms with van der Waals surface area (Å²) in [4.78, 5) is 0. The van der Waals surface area contributed by atoms with E-state index in [1.54, 1.807) is 0 Å². The molecule has 0 heterocycles. The smallest absolute Gasteiger partial charge is 0.0153 e. The number of halogens is 1. The predicted molar refractivity (Wildman–Crippen MR) is 75.3 cm³/mol. The van der Waals surface area contributed by atoms with Crippen molar-refractivity contribution in [3.05, 3.63) is 33.4 Å². The van der Waals surface area contributed by atoms with Crippen LogP contribution in [0.25, 0.3) is 0 Å². The molecule has 0 radical (unpaired) electrons. The monoisotopic (exact) mass is 317 g/mol. The van der Waals surface area contributed by atoms with Crippen LogP contribution in [0.15, 0.2) is 24.3 Å². The van der Waals surface area contributed by atoms with E-state index in [2.05, 4.69) is 72.9 Å². The first-order valence-electron chi connectivity index (χ1n) is 5.49. The molecule has 0 amide bonds. The van der Waals surface area contributed by atoms with Crippen molar-refractivity contribution in [2.24, 2.45) is 5.92 Å². The molecule has 15 heavy (non-hydrogen) atoms. The molecule has 0 spiro atoms. The third-order valence-corrected chi connectivity index (χ3v) is 3.71. The fourth-order valence-electron chi connectivity index (χ4n) is 2.13. The van der Waals surface area contributed by atoms with Gasteiger partial charge in [0, 0.05) is 9.61 Å². The summed E-state index contributed by atoms with van der Waals surface area (Å²) in [5, 5.41) is 3.41. The van der Waals surface area contributed by atoms with Gasteiger partial charge in [0.2, 0.25) is 0 Å². The highest BCUT2D eigenvalue weighted by atomic mass is 127. The van der Waals surface area contributed by atoms with Gasteiger partial charge in [0.05, 0.1) is 0 Å². The molecule has 84 valence electrons. The Labute approximate surface area is 107 Å². The van der Waals surface area contributed by atoms with Gasteiger partial charge in [-0.25, -0.2) is 0 Å². The lowest BCUT2D eigenvalue weighted by Crippen LogP contribution is -2.35. The Balaban J connectivity index is 2.82. The highest BCUT2D eigenvalue weighted by molar-refractivity contribution is 14.1. The van der Waals surface area contributed by atoms with Crippen molar-refractivity contribution in [2.75, 3.05) is 7.05 Å². The van der Waals surface area contributed by atoms with Gasteiger partial charge in [0.25, 0.3) is 0 Å². The lowest BCUT2D eigenvalue weighted by Gasteiger charge is -2.27. The molecule has 0 aliphatic rings. The zero-order chi connectivity index (χ0) is 11.4.